The Morgan fingerprint density at radius 3 is 1.38 bits per heavy atom. The van der Waals surface area contributed by atoms with E-state index in [2.05, 4.69) is 0 Å². The first-order valence-electron chi connectivity index (χ1n) is 11.7. The maximum atomic E-state index is 13.0. The van der Waals surface area contributed by atoms with Gasteiger partial charge >= 0.3 is 0 Å². The van der Waals surface area contributed by atoms with E-state index in [0.717, 1.165) is 0 Å². The van der Waals surface area contributed by atoms with Gasteiger partial charge in [0.05, 0.1) is 24.3 Å². The zero-order valence-electron chi connectivity index (χ0n) is 20.1. The molecule has 0 saturated carbocycles. The quantitative estimate of drug-likeness (QED) is 0.156. The smallest absolute Gasteiger partial charge is 0.170 e. The number of Topliss-reactive ketones (excluding diaryl/α,β-unsaturated/α-hetero) is 1. The second-order valence-electron chi connectivity index (χ2n) is 9.77. The first kappa shape index (κ1) is 29.4. The van der Waals surface area contributed by atoms with Crippen LogP contribution in [0.25, 0.3) is 0 Å². The van der Waals surface area contributed by atoms with Crippen LogP contribution in [0.1, 0.15) is 54.0 Å². The van der Waals surface area contributed by atoms with Gasteiger partial charge in [-0.15, -0.1) is 0 Å². The van der Waals surface area contributed by atoms with Gasteiger partial charge in [-0.1, -0.05) is 13.8 Å². The summed E-state index contributed by atoms with van der Waals surface area (Å²) >= 11 is 0. The van der Waals surface area contributed by atoms with Gasteiger partial charge in [0.25, 0.3) is 0 Å². The molecule has 0 bridgehead atoms. The normalized spacial score (nSPS) is 36.6. The van der Waals surface area contributed by atoms with Crippen molar-refractivity contribution in [2.45, 2.75) is 81.3 Å². The van der Waals surface area contributed by atoms with Crippen LogP contribution in [0.2, 0.25) is 0 Å². The minimum Gasteiger partial charge on any atom is -0.507 e. The van der Waals surface area contributed by atoms with Crippen LogP contribution in [0.5, 0.6) is 17.2 Å². The first-order valence-corrected chi connectivity index (χ1v) is 11.7. The third-order valence-electron chi connectivity index (χ3n) is 6.72. The van der Waals surface area contributed by atoms with Crippen LogP contribution in [0, 0.1) is 5.92 Å². The minimum atomic E-state index is -2.02. The lowest BCUT2D eigenvalue weighted by Gasteiger charge is -2.42. The predicted molar refractivity (Wildman–Crippen MR) is 121 cm³/mol. The molecule has 37 heavy (non-hydrogen) atoms. The number of carbonyl (C=O) groups is 1. The standard InChI is InChI=1S/C23H34O14/c1-6(2)3-7(26)10-15(29)11(22-20(34)18(32)13(27)8(4-24)36-22)17(31)12(16(10)30)23-21(35)19(33)14(28)9(5-25)37-23/h6,8-9,13-14,18-25,27-35H,3-5H2,1-2H3/t8-,9-,13-,14-,18+,19+,20-,21-,22+,23+/m1/s1. The predicted octanol–water partition coefficient (Wildman–Crippen LogP) is -2.94. The molecule has 210 valence electrons. The largest absolute Gasteiger partial charge is 0.507 e. The number of rotatable bonds is 7. The fourth-order valence-corrected chi connectivity index (χ4v) is 4.71. The molecular weight excluding hydrogens is 500 g/mol. The maximum Gasteiger partial charge on any atom is 0.170 e. The minimum absolute atomic E-state index is 0.214. The Balaban J connectivity index is 2.28. The van der Waals surface area contributed by atoms with Crippen molar-refractivity contribution >= 4 is 5.78 Å². The van der Waals surface area contributed by atoms with Crippen LogP contribution in [0.4, 0.5) is 0 Å². The van der Waals surface area contributed by atoms with Gasteiger partial charge in [-0.3, -0.25) is 4.79 Å². The fourth-order valence-electron chi connectivity index (χ4n) is 4.71. The van der Waals surface area contributed by atoms with Gasteiger partial charge in [0.15, 0.2) is 5.78 Å². The summed E-state index contributed by atoms with van der Waals surface area (Å²) < 4.78 is 10.9. The van der Waals surface area contributed by atoms with E-state index in [1.807, 2.05) is 0 Å². The Morgan fingerprint density at radius 2 is 1.05 bits per heavy atom. The van der Waals surface area contributed by atoms with Crippen molar-refractivity contribution in [3.8, 4) is 17.2 Å². The first-order chi connectivity index (χ1) is 17.3. The molecule has 3 rings (SSSR count). The topological polar surface area (TPSA) is 258 Å². The molecule has 0 aromatic heterocycles. The Labute approximate surface area is 211 Å². The number of ketones is 1. The average Bonchev–Trinajstić information content (AvgIpc) is 2.83. The molecule has 2 saturated heterocycles. The number of benzene rings is 1. The molecule has 0 unspecified atom stereocenters. The maximum absolute atomic E-state index is 13.0. The van der Waals surface area contributed by atoms with Crippen LogP contribution in [0.3, 0.4) is 0 Å². The molecule has 2 fully saturated rings. The Hall–Kier alpha value is -2.11. The van der Waals surface area contributed by atoms with Crippen molar-refractivity contribution in [2.75, 3.05) is 13.2 Å². The number of hydrogen-bond donors (Lipinski definition) is 11. The molecule has 2 heterocycles. The van der Waals surface area contributed by atoms with Crippen LogP contribution in [-0.4, -0.2) is 124 Å². The molecule has 1 aromatic carbocycles. The zero-order valence-corrected chi connectivity index (χ0v) is 20.1. The van der Waals surface area contributed by atoms with E-state index in [4.69, 9.17) is 9.47 Å². The van der Waals surface area contributed by atoms with E-state index in [9.17, 15) is 61.0 Å². The highest BCUT2D eigenvalue weighted by molar-refractivity contribution is 6.02. The summed E-state index contributed by atoms with van der Waals surface area (Å²) in [5.41, 5.74) is -2.24. The summed E-state index contributed by atoms with van der Waals surface area (Å²) in [6, 6.07) is 0. The second-order valence-corrected chi connectivity index (χ2v) is 9.77. The van der Waals surface area contributed by atoms with Crippen LogP contribution in [-0.2, 0) is 9.47 Å². The van der Waals surface area contributed by atoms with Crippen LogP contribution >= 0.6 is 0 Å². The van der Waals surface area contributed by atoms with Gasteiger partial charge in [0, 0.05) is 6.42 Å². The second kappa shape index (κ2) is 11.3. The molecule has 0 radical (unpaired) electrons. The highest BCUT2D eigenvalue weighted by Gasteiger charge is 2.50. The molecule has 0 spiro atoms. The molecule has 0 amide bonds. The van der Waals surface area contributed by atoms with E-state index in [-0.39, 0.29) is 12.3 Å². The SMILES string of the molecule is CC(C)CC(=O)c1c(O)c([C@@H]2O[C@H](CO)[C@@H](O)[C@H](O)[C@H]2O)c(O)c([C@@H]2O[C@H](CO)[C@@H](O)[C@H](O)[C@H]2O)c1O. The molecule has 2 aliphatic rings. The van der Waals surface area contributed by atoms with Crippen molar-refractivity contribution in [1.29, 1.82) is 0 Å². The average molecular weight is 535 g/mol. The number of ether oxygens (including phenoxy) is 2. The van der Waals surface area contributed by atoms with Gasteiger partial charge in [-0.05, 0) is 5.92 Å². The third kappa shape index (κ3) is 5.14. The summed E-state index contributed by atoms with van der Waals surface area (Å²) in [4.78, 5) is 13.0. The van der Waals surface area contributed by atoms with E-state index >= 15 is 0 Å². The lowest BCUT2D eigenvalue weighted by atomic mass is 9.83. The lowest BCUT2D eigenvalue weighted by Crippen LogP contribution is -2.55. The van der Waals surface area contributed by atoms with Gasteiger partial charge in [-0.2, -0.15) is 0 Å². The Kier molecular flexibility index (Phi) is 9.01. The van der Waals surface area contributed by atoms with Gasteiger partial charge in [0.1, 0.15) is 83.9 Å². The molecule has 0 aliphatic carbocycles. The summed E-state index contributed by atoms with van der Waals surface area (Å²) in [6.07, 6.45) is -18.4. The monoisotopic (exact) mass is 534 g/mol. The summed E-state index contributed by atoms with van der Waals surface area (Å²) in [6.45, 7) is 1.65. The Bertz CT molecular complexity index is 916. The third-order valence-corrected chi connectivity index (χ3v) is 6.72. The summed E-state index contributed by atoms with van der Waals surface area (Å²) in [7, 11) is 0. The van der Waals surface area contributed by atoms with Crippen molar-refractivity contribution in [1.82, 2.24) is 0 Å². The number of aliphatic hydroxyl groups excluding tert-OH is 8. The molecule has 2 aliphatic heterocycles. The number of carbonyl (C=O) groups excluding carboxylic acids is 1. The zero-order chi connectivity index (χ0) is 27.9. The summed E-state index contributed by atoms with van der Waals surface area (Å²) in [5, 5.41) is 114. The van der Waals surface area contributed by atoms with Gasteiger partial charge in [0.2, 0.25) is 0 Å². The number of phenols is 3. The Morgan fingerprint density at radius 1 is 0.676 bits per heavy atom. The van der Waals surface area contributed by atoms with Gasteiger partial charge < -0.3 is 65.6 Å². The van der Waals surface area contributed by atoms with Crippen LogP contribution in [0.15, 0.2) is 0 Å². The van der Waals surface area contributed by atoms with Crippen molar-refractivity contribution < 1.29 is 70.4 Å². The molecule has 1 aromatic rings. The number of aliphatic hydroxyl groups is 8. The van der Waals surface area contributed by atoms with Crippen molar-refractivity contribution in [2.24, 2.45) is 5.92 Å². The van der Waals surface area contributed by atoms with E-state index in [1.54, 1.807) is 13.8 Å². The van der Waals surface area contributed by atoms with Crippen molar-refractivity contribution in [3.63, 3.8) is 0 Å². The van der Waals surface area contributed by atoms with E-state index in [0.29, 0.717) is 0 Å². The van der Waals surface area contributed by atoms with E-state index in [1.165, 1.54) is 0 Å². The molecular formula is C23H34O14. The molecule has 11 N–H and O–H groups in total. The summed E-state index contributed by atoms with van der Waals surface area (Å²) in [5.74, 6) is -4.27. The number of hydrogen-bond acceptors (Lipinski definition) is 14. The fraction of sp³-hybridized carbons (Fsp3) is 0.696. The number of aromatic hydroxyl groups is 3. The highest BCUT2D eigenvalue weighted by Crippen LogP contribution is 2.53. The van der Waals surface area contributed by atoms with Crippen molar-refractivity contribution in [3.05, 3.63) is 16.7 Å². The molecule has 14 nitrogen and oxygen atoms in total. The van der Waals surface area contributed by atoms with Crippen LogP contribution < -0.4 is 0 Å². The molecule has 10 atom stereocenters. The van der Waals surface area contributed by atoms with E-state index < -0.39 is 114 Å². The van der Waals surface area contributed by atoms with Gasteiger partial charge in [-0.25, -0.2) is 0 Å². The molecule has 14 heteroatoms. The lowest BCUT2D eigenvalue weighted by molar-refractivity contribution is -0.234. The number of phenolic OH excluding ortho intramolecular Hbond substituents is 3. The highest BCUT2D eigenvalue weighted by atomic mass is 16.6.